The highest BCUT2D eigenvalue weighted by atomic mass is 31.2. The van der Waals surface area contributed by atoms with Crippen molar-refractivity contribution in [2.75, 3.05) is 12.8 Å². The van der Waals surface area contributed by atoms with E-state index in [4.69, 9.17) is 12.9 Å². The topological polar surface area (TPSA) is 73.9 Å². The average molecular weight is 512 g/mol. The summed E-state index contributed by atoms with van der Waals surface area (Å²) in [5.41, 5.74) is 0. The van der Waals surface area contributed by atoms with E-state index >= 15 is 0 Å². The molecule has 0 aliphatic heterocycles. The Hall–Kier alpha value is 0.231. The van der Waals surface area contributed by atoms with Crippen LogP contribution in [0.3, 0.4) is 0 Å². The van der Waals surface area contributed by atoms with E-state index in [0.29, 0.717) is 0 Å². The van der Waals surface area contributed by atoms with Gasteiger partial charge in [0.25, 0.3) is 8.32 Å². The third-order valence-electron chi connectivity index (χ3n) is 7.10. The number of rotatable bonds is 9. The van der Waals surface area contributed by atoms with Crippen LogP contribution in [0.1, 0.15) is 62.3 Å². The maximum absolute atomic E-state index is 14.0. The summed E-state index contributed by atoms with van der Waals surface area (Å²) in [5, 5.41) is 2.75. The van der Waals surface area contributed by atoms with Crippen molar-refractivity contribution in [3.8, 4) is 0 Å². The zero-order valence-corrected chi connectivity index (χ0v) is 26.8. The lowest BCUT2D eigenvalue weighted by atomic mass is 10.2. The number of hydrogen-bond donors (Lipinski definition) is 1. The van der Waals surface area contributed by atoms with Gasteiger partial charge in [0.15, 0.2) is 0 Å². The van der Waals surface area contributed by atoms with Crippen molar-refractivity contribution in [1.29, 1.82) is 0 Å². The second kappa shape index (κ2) is 9.84. The Balaban J connectivity index is 5.52. The molecule has 0 aromatic rings. The molecule has 0 aliphatic rings. The highest BCUT2D eigenvalue weighted by Crippen LogP contribution is 2.58. The maximum atomic E-state index is 14.0. The maximum Gasteiger partial charge on any atom is 0.325 e. The van der Waals surface area contributed by atoms with Crippen molar-refractivity contribution in [1.82, 2.24) is 5.32 Å². The van der Waals surface area contributed by atoms with Crippen molar-refractivity contribution >= 4 is 38.5 Å². The van der Waals surface area contributed by atoms with Gasteiger partial charge in [-0.05, 0) is 54.4 Å². The molecule has 0 aliphatic carbocycles. The van der Waals surface area contributed by atoms with Crippen LogP contribution >= 0.6 is 7.60 Å². The Morgan fingerprint density at radius 1 is 0.710 bits per heavy atom. The van der Waals surface area contributed by atoms with Crippen LogP contribution in [0.2, 0.25) is 54.4 Å². The molecule has 0 saturated carbocycles. The van der Waals surface area contributed by atoms with E-state index in [1.165, 1.54) is 0 Å². The molecular weight excluding hydrogens is 461 g/mol. The fourth-order valence-electron chi connectivity index (χ4n) is 1.82. The Labute approximate surface area is 195 Å². The van der Waals surface area contributed by atoms with E-state index in [2.05, 4.69) is 93.8 Å². The third-order valence-corrected chi connectivity index (χ3v) is 25.2. The Kier molecular flexibility index (Phi) is 9.91. The second-order valence-electron chi connectivity index (χ2n) is 13.1. The normalized spacial score (nSPS) is 15.2. The first-order valence-corrected chi connectivity index (χ1v) is 21.6. The minimum Gasteiger partial charge on any atom is -0.518 e. The number of carbonyl (C=O) groups is 1. The first kappa shape index (κ1) is 31.2. The van der Waals surface area contributed by atoms with Crippen molar-refractivity contribution in [3.63, 3.8) is 0 Å². The van der Waals surface area contributed by atoms with E-state index in [1.807, 2.05) is 13.1 Å². The molecule has 10 heteroatoms. The Morgan fingerprint density at radius 3 is 1.32 bits per heavy atom. The summed E-state index contributed by atoms with van der Waals surface area (Å²) in [4.78, 5) is 12.5. The molecule has 0 unspecified atom stereocenters. The third kappa shape index (κ3) is 9.18. The molecule has 6 nitrogen and oxygen atoms in total. The smallest absolute Gasteiger partial charge is 0.325 e. The largest absolute Gasteiger partial charge is 0.518 e. The first-order valence-electron chi connectivity index (χ1n) is 11.2. The van der Waals surface area contributed by atoms with E-state index < -0.39 is 32.5 Å². The van der Waals surface area contributed by atoms with Gasteiger partial charge < -0.3 is 12.9 Å². The quantitative estimate of drug-likeness (QED) is 0.258. The molecular formula is C21H50NO5PSi3. The number of carbonyl (C=O) groups excluding carboxylic acids is 1. The number of nitrogens with one attached hydrogen (secondary N) is 1. The van der Waals surface area contributed by atoms with Gasteiger partial charge in [-0.3, -0.25) is 14.7 Å². The first-order chi connectivity index (χ1) is 13.3. The standard InChI is InChI=1S/C21H50NO5PSi3/c1-19(2,3)29(10,11)25-18(23)16-22-17-28(24,26-30(12,13)20(4,5)6)27-31(14,15)21(7,8)9/h22H,16-17H2,1-15H3. The summed E-state index contributed by atoms with van der Waals surface area (Å²) in [6.07, 6.45) is -0.00137. The summed E-state index contributed by atoms with van der Waals surface area (Å²) in [6.45, 7) is 31.3. The van der Waals surface area contributed by atoms with Gasteiger partial charge in [-0.1, -0.05) is 62.3 Å². The van der Waals surface area contributed by atoms with E-state index in [-0.39, 0.29) is 33.9 Å². The fourth-order valence-corrected chi connectivity index (χ4v) is 11.9. The molecule has 186 valence electrons. The summed E-state index contributed by atoms with van der Waals surface area (Å²) >= 11 is 0. The van der Waals surface area contributed by atoms with Gasteiger partial charge >= 0.3 is 13.6 Å². The van der Waals surface area contributed by atoms with Crippen molar-refractivity contribution < 1.29 is 22.2 Å². The summed E-state index contributed by atoms with van der Waals surface area (Å²) in [5.74, 6) is -0.321. The van der Waals surface area contributed by atoms with Crippen molar-refractivity contribution in [3.05, 3.63) is 0 Å². The molecule has 0 spiro atoms. The number of hydrogen-bond acceptors (Lipinski definition) is 6. The minimum absolute atomic E-state index is 0.00137. The van der Waals surface area contributed by atoms with Crippen LogP contribution in [0, 0.1) is 0 Å². The lowest BCUT2D eigenvalue weighted by Gasteiger charge is -2.43. The molecule has 1 N–H and O–H groups in total. The predicted octanol–water partition coefficient (Wildman–Crippen LogP) is 7.32. The zero-order chi connectivity index (χ0) is 25.3. The SMILES string of the molecule is CC(C)(C)[Si](C)(C)OC(=O)CNCP(=O)(O[Si](C)(C)C(C)(C)C)O[Si](C)(C)C(C)(C)C. The Bertz CT molecular complexity index is 642. The molecule has 0 saturated heterocycles. The zero-order valence-electron chi connectivity index (χ0n) is 22.9. The van der Waals surface area contributed by atoms with E-state index in [9.17, 15) is 9.36 Å². The van der Waals surface area contributed by atoms with Crippen LogP contribution in [0.5, 0.6) is 0 Å². The molecule has 31 heavy (non-hydrogen) atoms. The molecule has 0 amide bonds. The van der Waals surface area contributed by atoms with Crippen LogP contribution in [-0.4, -0.2) is 43.8 Å². The van der Waals surface area contributed by atoms with Crippen LogP contribution in [0.15, 0.2) is 0 Å². The minimum atomic E-state index is -3.48. The second-order valence-corrected chi connectivity index (χ2v) is 29.9. The van der Waals surface area contributed by atoms with Crippen LogP contribution in [0.25, 0.3) is 0 Å². The predicted molar refractivity (Wildman–Crippen MR) is 140 cm³/mol. The van der Waals surface area contributed by atoms with Gasteiger partial charge in [0.1, 0.15) is 0 Å². The van der Waals surface area contributed by atoms with E-state index in [1.54, 1.807) is 0 Å². The Morgan fingerprint density at radius 2 is 1.03 bits per heavy atom. The van der Waals surface area contributed by atoms with Crippen LogP contribution in [-0.2, 0) is 22.2 Å². The fraction of sp³-hybridized carbons (Fsp3) is 0.952. The highest BCUT2D eigenvalue weighted by Gasteiger charge is 2.49. The van der Waals surface area contributed by atoms with E-state index in [0.717, 1.165) is 0 Å². The summed E-state index contributed by atoms with van der Waals surface area (Å²) < 4.78 is 32.5. The summed E-state index contributed by atoms with van der Waals surface area (Å²) in [7, 11) is -10.4. The van der Waals surface area contributed by atoms with Crippen LogP contribution < -0.4 is 5.32 Å². The molecule has 0 heterocycles. The lowest BCUT2D eigenvalue weighted by molar-refractivity contribution is -0.134. The monoisotopic (exact) mass is 511 g/mol. The van der Waals surface area contributed by atoms with Gasteiger partial charge in [-0.2, -0.15) is 0 Å². The van der Waals surface area contributed by atoms with Crippen LogP contribution in [0.4, 0.5) is 0 Å². The lowest BCUT2D eigenvalue weighted by Crippen LogP contribution is -2.46. The van der Waals surface area contributed by atoms with Gasteiger partial charge in [-0.15, -0.1) is 0 Å². The van der Waals surface area contributed by atoms with Gasteiger partial charge in [0.2, 0.25) is 16.6 Å². The van der Waals surface area contributed by atoms with Gasteiger partial charge in [0, 0.05) is 0 Å². The average Bonchev–Trinajstić information content (AvgIpc) is 2.40. The molecule has 0 bridgehead atoms. The molecule has 0 rings (SSSR count). The summed E-state index contributed by atoms with van der Waals surface area (Å²) in [6, 6.07) is 0. The van der Waals surface area contributed by atoms with Gasteiger partial charge in [0.05, 0.1) is 12.8 Å². The molecule has 0 radical (unpaired) electrons. The molecule has 0 aromatic heterocycles. The van der Waals surface area contributed by atoms with Gasteiger partial charge in [-0.25, -0.2) is 0 Å². The molecule has 0 atom stereocenters. The highest BCUT2D eigenvalue weighted by molar-refractivity contribution is 7.57. The molecule has 0 fully saturated rings. The molecule has 0 aromatic carbocycles. The van der Waals surface area contributed by atoms with Crippen molar-refractivity contribution in [2.24, 2.45) is 0 Å². The van der Waals surface area contributed by atoms with Crippen molar-refractivity contribution in [2.45, 2.75) is 117 Å².